The fourth-order valence-corrected chi connectivity index (χ4v) is 11.3. The molecule has 0 aliphatic heterocycles. The highest BCUT2D eigenvalue weighted by molar-refractivity contribution is 5.97. The minimum absolute atomic E-state index is 0.0482. The average molecular weight is 788 g/mol. The van der Waals surface area contributed by atoms with Crippen LogP contribution in [0.2, 0.25) is 0 Å². The Morgan fingerprint density at radius 3 is 1.56 bits per heavy atom. The Morgan fingerprint density at radius 2 is 0.885 bits per heavy atom. The van der Waals surface area contributed by atoms with E-state index in [1.165, 1.54) is 116 Å². The Labute approximate surface area is 362 Å². The molecule has 1 heteroatoms. The van der Waals surface area contributed by atoms with Gasteiger partial charge in [0.1, 0.15) is 0 Å². The number of anilines is 3. The van der Waals surface area contributed by atoms with E-state index in [9.17, 15) is 0 Å². The molecule has 0 radical (unpaired) electrons. The molecule has 1 saturated carbocycles. The zero-order valence-electron chi connectivity index (χ0n) is 35.9. The van der Waals surface area contributed by atoms with Crippen LogP contribution < -0.4 is 4.90 Å². The van der Waals surface area contributed by atoms with E-state index in [-0.39, 0.29) is 10.8 Å². The van der Waals surface area contributed by atoms with Crippen molar-refractivity contribution in [3.05, 3.63) is 210 Å². The highest BCUT2D eigenvalue weighted by Gasteiger charge is 2.41. The molecule has 3 aliphatic rings. The van der Waals surface area contributed by atoms with Crippen LogP contribution in [-0.4, -0.2) is 0 Å². The summed E-state index contributed by atoms with van der Waals surface area (Å²) in [5.74, 6) is 0.715. The Morgan fingerprint density at radius 1 is 0.377 bits per heavy atom. The molecular formula is C60H53N. The van der Waals surface area contributed by atoms with Gasteiger partial charge in [-0.25, -0.2) is 0 Å². The summed E-state index contributed by atoms with van der Waals surface area (Å²) < 4.78 is 0. The number of benzene rings is 8. The lowest BCUT2D eigenvalue weighted by atomic mass is 9.77. The van der Waals surface area contributed by atoms with Gasteiger partial charge in [0.15, 0.2) is 0 Å². The number of hydrogen-bond acceptors (Lipinski definition) is 1. The molecule has 298 valence electrons. The smallest absolute Gasteiger partial charge is 0.0465 e. The molecule has 0 spiro atoms. The molecule has 0 amide bonds. The molecule has 1 nitrogen and oxygen atoms in total. The van der Waals surface area contributed by atoms with Gasteiger partial charge in [-0.2, -0.15) is 0 Å². The molecule has 1 fully saturated rings. The van der Waals surface area contributed by atoms with Crippen molar-refractivity contribution in [2.24, 2.45) is 0 Å². The molecule has 0 atom stereocenters. The summed E-state index contributed by atoms with van der Waals surface area (Å²) in [5.41, 5.74) is 23.3. The summed E-state index contributed by atoms with van der Waals surface area (Å²) in [6.07, 6.45) is 6.76. The molecule has 0 N–H and O–H groups in total. The summed E-state index contributed by atoms with van der Waals surface area (Å²) in [7, 11) is 0. The van der Waals surface area contributed by atoms with Crippen LogP contribution in [0, 0.1) is 0 Å². The van der Waals surface area contributed by atoms with Crippen LogP contribution >= 0.6 is 0 Å². The summed E-state index contributed by atoms with van der Waals surface area (Å²) in [5, 5.41) is 0. The quantitative estimate of drug-likeness (QED) is 0.155. The van der Waals surface area contributed by atoms with E-state index in [2.05, 4.69) is 215 Å². The summed E-state index contributed by atoms with van der Waals surface area (Å²) in [4.78, 5) is 2.44. The van der Waals surface area contributed by atoms with Gasteiger partial charge in [-0.15, -0.1) is 0 Å². The van der Waals surface area contributed by atoms with Crippen molar-refractivity contribution in [1.29, 1.82) is 0 Å². The van der Waals surface area contributed by atoms with E-state index < -0.39 is 0 Å². The van der Waals surface area contributed by atoms with Crippen molar-refractivity contribution in [1.82, 2.24) is 0 Å². The van der Waals surface area contributed by atoms with Crippen molar-refractivity contribution in [3.8, 4) is 55.6 Å². The van der Waals surface area contributed by atoms with Crippen LogP contribution in [0.5, 0.6) is 0 Å². The van der Waals surface area contributed by atoms with Gasteiger partial charge in [-0.1, -0.05) is 193 Å². The Bertz CT molecular complexity index is 2910. The van der Waals surface area contributed by atoms with E-state index in [1.54, 1.807) is 0 Å². The van der Waals surface area contributed by atoms with E-state index in [1.807, 2.05) is 0 Å². The SMILES string of the molecule is CC1(C)c2ccccc2-c2c(-c3cccc4c3C(C)(C)c3cc(N(c5ccc(-c6ccccc6)cc5)c5ccc(-c6ccc(C7CCCCC7)cc6)cc5)ccc3-4)cccc21. The molecule has 0 saturated heterocycles. The second kappa shape index (κ2) is 14.6. The molecule has 0 unspecified atom stereocenters. The maximum Gasteiger partial charge on any atom is 0.0465 e. The average Bonchev–Trinajstić information content (AvgIpc) is 3.69. The zero-order chi connectivity index (χ0) is 41.3. The van der Waals surface area contributed by atoms with Crippen molar-refractivity contribution in [3.63, 3.8) is 0 Å². The maximum absolute atomic E-state index is 2.47. The standard InChI is InChI=1S/C60H53N/c1-59(2)54-23-12-11-19-53(54)57-50(20-14-24-55(57)59)52-22-13-21-51-49-38-37-48(39-56(49)60(3,4)58(51)52)61(46-33-29-44(30-34-46)41-17-9-6-10-18-41)47-35-31-45(32-36-47)43-27-25-42(26-28-43)40-15-7-5-8-16-40/h6,9-14,17-40H,5,7-8,15-16H2,1-4H3. The molecule has 61 heavy (non-hydrogen) atoms. The normalized spacial score (nSPS) is 15.7. The van der Waals surface area contributed by atoms with Gasteiger partial charge in [0.05, 0.1) is 0 Å². The molecule has 11 rings (SSSR count). The molecule has 3 aliphatic carbocycles. The van der Waals surface area contributed by atoms with Crippen molar-refractivity contribution in [2.45, 2.75) is 76.5 Å². The minimum atomic E-state index is -0.232. The van der Waals surface area contributed by atoms with Crippen molar-refractivity contribution < 1.29 is 0 Å². The van der Waals surface area contributed by atoms with Gasteiger partial charge in [-0.05, 0) is 139 Å². The molecular weight excluding hydrogens is 735 g/mol. The lowest BCUT2D eigenvalue weighted by molar-refractivity contribution is 0.443. The number of nitrogens with zero attached hydrogens (tertiary/aromatic N) is 1. The van der Waals surface area contributed by atoms with Crippen LogP contribution in [0.15, 0.2) is 182 Å². The number of rotatable bonds is 7. The van der Waals surface area contributed by atoms with Crippen molar-refractivity contribution in [2.75, 3.05) is 4.90 Å². The second-order valence-corrected chi connectivity index (χ2v) is 18.7. The first-order chi connectivity index (χ1) is 29.8. The number of fused-ring (bicyclic) bond motifs is 6. The third-order valence-corrected chi connectivity index (χ3v) is 14.5. The van der Waals surface area contributed by atoms with E-state index in [4.69, 9.17) is 0 Å². The lowest BCUT2D eigenvalue weighted by Crippen LogP contribution is -2.18. The topological polar surface area (TPSA) is 3.24 Å². The Balaban J connectivity index is 0.992. The summed E-state index contributed by atoms with van der Waals surface area (Å²) in [6.45, 7) is 9.61. The first kappa shape index (κ1) is 37.6. The highest BCUT2D eigenvalue weighted by atomic mass is 15.1. The second-order valence-electron chi connectivity index (χ2n) is 18.7. The van der Waals surface area contributed by atoms with Gasteiger partial charge in [-0.3, -0.25) is 0 Å². The Hall–Kier alpha value is -6.44. The molecule has 8 aromatic carbocycles. The fraction of sp³-hybridized carbons (Fsp3) is 0.200. The van der Waals surface area contributed by atoms with Crippen LogP contribution in [0.3, 0.4) is 0 Å². The summed E-state index contributed by atoms with van der Waals surface area (Å²) in [6, 6.07) is 68.5. The molecule has 0 aromatic heterocycles. The van der Waals surface area contributed by atoms with E-state index in [0.717, 1.165) is 17.1 Å². The van der Waals surface area contributed by atoms with Crippen LogP contribution in [-0.2, 0) is 10.8 Å². The predicted octanol–water partition coefficient (Wildman–Crippen LogP) is 16.8. The van der Waals surface area contributed by atoms with Gasteiger partial charge in [0.25, 0.3) is 0 Å². The summed E-state index contributed by atoms with van der Waals surface area (Å²) >= 11 is 0. The minimum Gasteiger partial charge on any atom is -0.310 e. The highest BCUT2D eigenvalue weighted by Crippen LogP contribution is 2.57. The zero-order valence-corrected chi connectivity index (χ0v) is 35.9. The van der Waals surface area contributed by atoms with Gasteiger partial charge in [0.2, 0.25) is 0 Å². The van der Waals surface area contributed by atoms with Gasteiger partial charge >= 0.3 is 0 Å². The molecule has 0 heterocycles. The number of hydrogen-bond donors (Lipinski definition) is 0. The molecule has 8 aromatic rings. The van der Waals surface area contributed by atoms with Gasteiger partial charge < -0.3 is 4.90 Å². The third kappa shape index (κ3) is 6.20. The van der Waals surface area contributed by atoms with Crippen LogP contribution in [0.1, 0.15) is 93.5 Å². The maximum atomic E-state index is 2.47. The van der Waals surface area contributed by atoms with Crippen LogP contribution in [0.25, 0.3) is 55.6 Å². The fourth-order valence-electron chi connectivity index (χ4n) is 11.3. The third-order valence-electron chi connectivity index (χ3n) is 14.5. The monoisotopic (exact) mass is 787 g/mol. The lowest BCUT2D eigenvalue weighted by Gasteiger charge is -2.29. The van der Waals surface area contributed by atoms with Crippen molar-refractivity contribution >= 4 is 17.1 Å². The first-order valence-corrected chi connectivity index (χ1v) is 22.5. The van der Waals surface area contributed by atoms with E-state index >= 15 is 0 Å². The van der Waals surface area contributed by atoms with E-state index in [0.29, 0.717) is 5.92 Å². The largest absolute Gasteiger partial charge is 0.310 e. The Kier molecular flexibility index (Phi) is 9.01. The predicted molar refractivity (Wildman–Crippen MR) is 258 cm³/mol. The first-order valence-electron chi connectivity index (χ1n) is 22.5. The molecule has 0 bridgehead atoms. The van der Waals surface area contributed by atoms with Gasteiger partial charge in [0, 0.05) is 27.9 Å². The van der Waals surface area contributed by atoms with Crippen LogP contribution in [0.4, 0.5) is 17.1 Å².